The van der Waals surface area contributed by atoms with Gasteiger partial charge in [-0.2, -0.15) is 0 Å². The van der Waals surface area contributed by atoms with Gasteiger partial charge in [-0.1, -0.05) is 72.2 Å². The first kappa shape index (κ1) is 13.2. The molecule has 0 N–H and O–H groups in total. The zero-order valence-electron chi connectivity index (χ0n) is 10.9. The molecule has 1 aromatic carbocycles. The molecular formula is C14H22Si2. The Morgan fingerprint density at radius 2 is 1.56 bits per heavy atom. The van der Waals surface area contributed by atoms with Crippen LogP contribution in [-0.2, 0) is 0 Å². The first-order valence-electron chi connectivity index (χ1n) is 5.71. The van der Waals surface area contributed by atoms with Crippen LogP contribution in [0, 0.1) is 0 Å². The summed E-state index contributed by atoms with van der Waals surface area (Å²) < 4.78 is 0. The molecule has 0 radical (unpaired) electrons. The normalized spacial score (nSPS) is 12.2. The minimum absolute atomic E-state index is 1.47. The van der Waals surface area contributed by atoms with E-state index in [1.807, 2.05) is 0 Å². The second-order valence-corrected chi connectivity index (χ2v) is 14.8. The Balaban J connectivity index is 3.13. The highest BCUT2D eigenvalue weighted by Crippen LogP contribution is 2.24. The molecule has 0 aromatic heterocycles. The van der Waals surface area contributed by atoms with E-state index in [0.717, 1.165) is 0 Å². The van der Waals surface area contributed by atoms with Crippen LogP contribution >= 0.6 is 0 Å². The van der Waals surface area contributed by atoms with Gasteiger partial charge in [0.15, 0.2) is 0 Å². The monoisotopic (exact) mass is 246 g/mol. The second kappa shape index (κ2) is 4.56. The zero-order valence-corrected chi connectivity index (χ0v) is 12.9. The predicted molar refractivity (Wildman–Crippen MR) is 80.4 cm³/mol. The van der Waals surface area contributed by atoms with Crippen molar-refractivity contribution in [2.45, 2.75) is 26.2 Å². The fraction of sp³-hybridized carbons (Fsp3) is 0.286. The average Bonchev–Trinajstić information content (AvgIpc) is 2.29. The van der Waals surface area contributed by atoms with Crippen LogP contribution in [0.15, 0.2) is 54.0 Å². The molecule has 0 aliphatic rings. The molecule has 0 fully saturated rings. The van der Waals surface area contributed by atoms with E-state index < -0.39 is 16.1 Å². The summed E-state index contributed by atoms with van der Waals surface area (Å²) in [6, 6.07) is 10.8. The Labute approximate surface area is 102 Å². The van der Waals surface area contributed by atoms with Crippen molar-refractivity contribution < 1.29 is 0 Å². The smallest absolute Gasteiger partial charge is 0.103 e. The summed E-state index contributed by atoms with van der Waals surface area (Å²) in [5, 5.41) is 1.47. The molecule has 0 aliphatic carbocycles. The predicted octanol–water partition coefficient (Wildman–Crippen LogP) is 3.67. The van der Waals surface area contributed by atoms with Gasteiger partial charge >= 0.3 is 0 Å². The number of benzene rings is 1. The maximum absolute atomic E-state index is 4.40. The van der Waals surface area contributed by atoms with E-state index in [1.165, 1.54) is 10.0 Å². The molecule has 0 spiro atoms. The van der Waals surface area contributed by atoms with Crippen LogP contribution in [0.3, 0.4) is 0 Å². The van der Waals surface area contributed by atoms with Gasteiger partial charge in [0.1, 0.15) is 8.07 Å². The molecule has 0 nitrogen and oxygen atoms in total. The maximum atomic E-state index is 4.40. The van der Waals surface area contributed by atoms with Crippen molar-refractivity contribution in [2.75, 3.05) is 0 Å². The number of hydrogen-bond acceptors (Lipinski definition) is 0. The van der Waals surface area contributed by atoms with Crippen LogP contribution in [0.2, 0.25) is 26.2 Å². The third kappa shape index (κ3) is 2.44. The Morgan fingerprint density at radius 3 is 2.00 bits per heavy atom. The summed E-state index contributed by atoms with van der Waals surface area (Å²) in [7, 11) is -3.01. The van der Waals surface area contributed by atoms with E-state index in [2.05, 4.69) is 75.4 Å². The molecule has 1 aromatic rings. The van der Waals surface area contributed by atoms with Crippen LogP contribution in [0.4, 0.5) is 0 Å². The molecule has 0 saturated heterocycles. The first-order chi connectivity index (χ1) is 7.32. The molecule has 0 amide bonds. The van der Waals surface area contributed by atoms with Gasteiger partial charge in [-0.05, 0) is 0 Å². The van der Waals surface area contributed by atoms with E-state index in [4.69, 9.17) is 0 Å². The van der Waals surface area contributed by atoms with Crippen LogP contribution in [0.1, 0.15) is 0 Å². The Morgan fingerprint density at radius 1 is 1.06 bits per heavy atom. The molecule has 16 heavy (non-hydrogen) atoms. The first-order valence-corrected chi connectivity index (χ1v) is 11.8. The van der Waals surface area contributed by atoms with Crippen molar-refractivity contribution in [3.05, 3.63) is 54.0 Å². The molecule has 86 valence electrons. The van der Waals surface area contributed by atoms with E-state index in [9.17, 15) is 0 Å². The highest BCUT2D eigenvalue weighted by Gasteiger charge is 2.35. The van der Waals surface area contributed by atoms with Gasteiger partial charge < -0.3 is 0 Å². The lowest BCUT2D eigenvalue weighted by atomic mass is 10.4. The second-order valence-electron chi connectivity index (χ2n) is 5.40. The van der Waals surface area contributed by atoms with Gasteiger partial charge in [-0.15, -0.1) is 13.2 Å². The summed E-state index contributed by atoms with van der Waals surface area (Å²) in [5.41, 5.74) is 2.15. The minimum Gasteiger partial charge on any atom is -0.107 e. The van der Waals surface area contributed by atoms with Crippen LogP contribution in [0.5, 0.6) is 0 Å². The number of rotatable bonds is 4. The van der Waals surface area contributed by atoms with Crippen molar-refractivity contribution in [1.82, 2.24) is 0 Å². The van der Waals surface area contributed by atoms with Crippen LogP contribution in [0.25, 0.3) is 0 Å². The van der Waals surface area contributed by atoms with E-state index >= 15 is 0 Å². The van der Waals surface area contributed by atoms with Crippen molar-refractivity contribution in [3.8, 4) is 0 Å². The minimum atomic E-state index is -1.54. The van der Waals surface area contributed by atoms with Gasteiger partial charge in [0.2, 0.25) is 0 Å². The summed E-state index contributed by atoms with van der Waals surface area (Å²) in [6.45, 7) is 17.8. The van der Waals surface area contributed by atoms with Gasteiger partial charge in [0, 0.05) is 0 Å². The lowest BCUT2D eigenvalue weighted by Crippen LogP contribution is -2.51. The lowest BCUT2D eigenvalue weighted by molar-refractivity contribution is 1.67. The Bertz CT molecular complexity index is 388. The average molecular weight is 247 g/mol. The molecule has 0 aliphatic heterocycles. The van der Waals surface area contributed by atoms with Crippen molar-refractivity contribution in [3.63, 3.8) is 0 Å². The quantitative estimate of drug-likeness (QED) is 0.711. The lowest BCUT2D eigenvalue weighted by Gasteiger charge is -2.34. The molecule has 2 heteroatoms. The fourth-order valence-corrected chi connectivity index (χ4v) is 10.8. The molecule has 1 rings (SSSR count). The molecule has 0 unspecified atom stereocenters. The summed E-state index contributed by atoms with van der Waals surface area (Å²) in [4.78, 5) is 1.47. The van der Waals surface area contributed by atoms with Gasteiger partial charge in [0.25, 0.3) is 0 Å². The molecule has 0 bridgehead atoms. The van der Waals surface area contributed by atoms with Gasteiger partial charge in [0.05, 0.1) is 8.07 Å². The highest BCUT2D eigenvalue weighted by atomic mass is 28.4. The van der Waals surface area contributed by atoms with Crippen LogP contribution in [-0.4, -0.2) is 16.1 Å². The standard InChI is InChI=1S/C14H22Si2/c1-7-15(3,4)13(2)16(5,6)14-11-9-8-10-12-14/h7-12H,1-2H2,3-6H3. The zero-order chi connectivity index (χ0) is 12.4. The summed E-state index contributed by atoms with van der Waals surface area (Å²) in [6.07, 6.45) is 0. The third-order valence-electron chi connectivity index (χ3n) is 3.54. The molecular weight excluding hydrogens is 224 g/mol. The maximum Gasteiger partial charge on any atom is 0.103 e. The van der Waals surface area contributed by atoms with E-state index in [-0.39, 0.29) is 0 Å². The SMILES string of the molecule is C=C[Si](C)(C)C(=C)[Si](C)(C)c1ccccc1. The van der Waals surface area contributed by atoms with Crippen molar-refractivity contribution >= 4 is 21.3 Å². The van der Waals surface area contributed by atoms with Crippen LogP contribution < -0.4 is 5.19 Å². The Kier molecular flexibility index (Phi) is 3.76. The van der Waals surface area contributed by atoms with E-state index in [1.54, 1.807) is 0 Å². The summed E-state index contributed by atoms with van der Waals surface area (Å²) >= 11 is 0. The van der Waals surface area contributed by atoms with Crippen molar-refractivity contribution in [2.24, 2.45) is 0 Å². The summed E-state index contributed by atoms with van der Waals surface area (Å²) in [5.74, 6) is 0. The van der Waals surface area contributed by atoms with Gasteiger partial charge in [-0.3, -0.25) is 0 Å². The molecule has 0 atom stereocenters. The van der Waals surface area contributed by atoms with Crippen molar-refractivity contribution in [1.29, 1.82) is 0 Å². The molecule has 0 heterocycles. The fourth-order valence-electron chi connectivity index (χ4n) is 1.96. The van der Waals surface area contributed by atoms with E-state index in [0.29, 0.717) is 0 Å². The molecule has 0 saturated carbocycles. The topological polar surface area (TPSA) is 0 Å². The number of hydrogen-bond donors (Lipinski definition) is 0. The third-order valence-corrected chi connectivity index (χ3v) is 13.2. The Hall–Kier alpha value is -0.866. The highest BCUT2D eigenvalue weighted by molar-refractivity contribution is 7.12. The largest absolute Gasteiger partial charge is 0.107 e. The van der Waals surface area contributed by atoms with Gasteiger partial charge in [-0.25, -0.2) is 0 Å².